The van der Waals surface area contributed by atoms with Crippen LogP contribution in [-0.2, 0) is 9.47 Å². The molecule has 0 rings (SSSR count). The summed E-state index contributed by atoms with van der Waals surface area (Å²) in [4.78, 5) is 0. The third-order valence-corrected chi connectivity index (χ3v) is 1.08. The van der Waals surface area contributed by atoms with Crippen molar-refractivity contribution >= 4 is 0 Å². The minimum atomic E-state index is -0.0197. The molecule has 0 spiro atoms. The monoisotopic (exact) mass is 228 g/mol. The van der Waals surface area contributed by atoms with E-state index in [4.69, 9.17) is 19.7 Å². The van der Waals surface area contributed by atoms with Gasteiger partial charge in [-0.15, -0.1) is 0 Å². The van der Waals surface area contributed by atoms with Gasteiger partial charge in [-0.25, -0.2) is 0 Å². The Bertz CT molecular complexity index is 79.0. The van der Waals surface area contributed by atoms with E-state index in [1.807, 2.05) is 6.92 Å². The minimum Gasteiger partial charge on any atom is -0.394 e. The predicted octanol–water partition coefficient (Wildman–Crippen LogP) is 1.94. The van der Waals surface area contributed by atoms with Gasteiger partial charge in [-0.1, -0.05) is 29.7 Å². The molecule has 0 aromatic rings. The standard InChI is InChI=1S/C7H16O4.4CH4/c1-7(11-5-3-9)6-10-4-2-8;;;;/h7-9H,2-6H2,1H3;4*1H4. The molecule has 1 atom stereocenters. The summed E-state index contributed by atoms with van der Waals surface area (Å²) in [6.45, 7) is 3.06. The van der Waals surface area contributed by atoms with Gasteiger partial charge in [0.25, 0.3) is 0 Å². The number of hydrogen-bond acceptors (Lipinski definition) is 4. The molecule has 0 saturated heterocycles. The van der Waals surface area contributed by atoms with Crippen molar-refractivity contribution in [2.75, 3.05) is 33.0 Å². The summed E-state index contributed by atoms with van der Waals surface area (Å²) < 4.78 is 10.1. The molecule has 0 aliphatic rings. The van der Waals surface area contributed by atoms with E-state index in [9.17, 15) is 0 Å². The average Bonchev–Trinajstić information content (AvgIpc) is 2.01. The van der Waals surface area contributed by atoms with Gasteiger partial charge in [0.1, 0.15) is 0 Å². The predicted molar refractivity (Wildman–Crippen MR) is 67.3 cm³/mol. The van der Waals surface area contributed by atoms with Crippen LogP contribution in [0.4, 0.5) is 0 Å². The van der Waals surface area contributed by atoms with Crippen LogP contribution >= 0.6 is 0 Å². The zero-order chi connectivity index (χ0) is 8.53. The smallest absolute Gasteiger partial charge is 0.0781 e. The van der Waals surface area contributed by atoms with Crippen LogP contribution < -0.4 is 0 Å². The van der Waals surface area contributed by atoms with Gasteiger partial charge in [0.15, 0.2) is 0 Å². The van der Waals surface area contributed by atoms with Gasteiger partial charge in [0, 0.05) is 0 Å². The third-order valence-electron chi connectivity index (χ3n) is 1.08. The maximum Gasteiger partial charge on any atom is 0.0781 e. The van der Waals surface area contributed by atoms with Gasteiger partial charge < -0.3 is 19.7 Å². The second-order valence-electron chi connectivity index (χ2n) is 2.20. The number of ether oxygens (including phenoxy) is 2. The lowest BCUT2D eigenvalue weighted by atomic mass is 10.4. The van der Waals surface area contributed by atoms with Crippen LogP contribution in [0.25, 0.3) is 0 Å². The van der Waals surface area contributed by atoms with E-state index in [1.165, 1.54) is 0 Å². The van der Waals surface area contributed by atoms with Crippen molar-refractivity contribution < 1.29 is 19.7 Å². The Labute approximate surface area is 96.2 Å². The van der Waals surface area contributed by atoms with Crippen molar-refractivity contribution in [2.24, 2.45) is 0 Å². The van der Waals surface area contributed by atoms with Crippen LogP contribution in [0.2, 0.25) is 0 Å². The van der Waals surface area contributed by atoms with Crippen molar-refractivity contribution in [3.05, 3.63) is 0 Å². The summed E-state index contributed by atoms with van der Waals surface area (Å²) in [5.41, 5.74) is 0. The fourth-order valence-corrected chi connectivity index (χ4v) is 0.616. The van der Waals surface area contributed by atoms with E-state index in [0.717, 1.165) is 0 Å². The number of rotatable bonds is 7. The Morgan fingerprint density at radius 3 is 1.80 bits per heavy atom. The minimum absolute atomic E-state index is 0. The highest BCUT2D eigenvalue weighted by molar-refractivity contribution is 4.46. The maximum absolute atomic E-state index is 8.38. The molecule has 2 N–H and O–H groups in total. The lowest BCUT2D eigenvalue weighted by molar-refractivity contribution is -0.0246. The fraction of sp³-hybridized carbons (Fsp3) is 1.00. The average molecular weight is 228 g/mol. The quantitative estimate of drug-likeness (QED) is 0.654. The lowest BCUT2D eigenvalue weighted by Gasteiger charge is -2.11. The molecule has 0 amide bonds. The summed E-state index contributed by atoms with van der Waals surface area (Å²) in [6.07, 6.45) is -0.0197. The Morgan fingerprint density at radius 1 is 0.933 bits per heavy atom. The van der Waals surface area contributed by atoms with E-state index >= 15 is 0 Å². The van der Waals surface area contributed by atoms with Gasteiger partial charge >= 0.3 is 0 Å². The molecule has 0 aromatic heterocycles. The first-order valence-electron chi connectivity index (χ1n) is 3.72. The summed E-state index contributed by atoms with van der Waals surface area (Å²) in [5.74, 6) is 0. The molecular formula is C11H32O4. The topological polar surface area (TPSA) is 58.9 Å². The molecule has 0 aliphatic heterocycles. The van der Waals surface area contributed by atoms with Crippen molar-refractivity contribution in [3.8, 4) is 0 Å². The molecule has 100 valence electrons. The highest BCUT2D eigenvalue weighted by Gasteiger charge is 2.00. The summed E-state index contributed by atoms with van der Waals surface area (Å²) in [6, 6.07) is 0. The molecule has 0 fully saturated rings. The molecule has 0 bridgehead atoms. The Hall–Kier alpha value is -0.160. The Morgan fingerprint density at radius 2 is 1.40 bits per heavy atom. The van der Waals surface area contributed by atoms with E-state index in [0.29, 0.717) is 19.8 Å². The van der Waals surface area contributed by atoms with Crippen molar-refractivity contribution in [2.45, 2.75) is 42.7 Å². The van der Waals surface area contributed by atoms with Crippen LogP contribution in [0.1, 0.15) is 36.6 Å². The zero-order valence-corrected chi connectivity index (χ0v) is 6.82. The van der Waals surface area contributed by atoms with Gasteiger partial charge in [0.05, 0.1) is 39.1 Å². The molecule has 0 aromatic carbocycles. The molecular weight excluding hydrogens is 196 g/mol. The van der Waals surface area contributed by atoms with Crippen molar-refractivity contribution in [3.63, 3.8) is 0 Å². The zero-order valence-electron chi connectivity index (χ0n) is 6.82. The Kier molecular flexibility index (Phi) is 46.1. The van der Waals surface area contributed by atoms with Gasteiger partial charge in [-0.2, -0.15) is 0 Å². The van der Waals surface area contributed by atoms with Gasteiger partial charge in [-0.05, 0) is 6.92 Å². The van der Waals surface area contributed by atoms with Crippen molar-refractivity contribution in [1.29, 1.82) is 0 Å². The number of hydrogen-bond donors (Lipinski definition) is 2. The summed E-state index contributed by atoms with van der Waals surface area (Å²) in [5, 5.41) is 16.7. The highest BCUT2D eigenvalue weighted by Crippen LogP contribution is 1.90. The van der Waals surface area contributed by atoms with Crippen LogP contribution in [0.3, 0.4) is 0 Å². The third kappa shape index (κ3) is 24.8. The van der Waals surface area contributed by atoms with Gasteiger partial charge in [0.2, 0.25) is 0 Å². The highest BCUT2D eigenvalue weighted by atomic mass is 16.5. The van der Waals surface area contributed by atoms with Crippen LogP contribution in [-0.4, -0.2) is 49.4 Å². The van der Waals surface area contributed by atoms with Crippen LogP contribution in [0.15, 0.2) is 0 Å². The van der Waals surface area contributed by atoms with Crippen LogP contribution in [0.5, 0.6) is 0 Å². The molecule has 0 radical (unpaired) electrons. The SMILES string of the molecule is C.C.C.C.CC(COCCO)OCCO. The molecule has 4 heteroatoms. The van der Waals surface area contributed by atoms with E-state index in [2.05, 4.69) is 0 Å². The Balaban J connectivity index is -0.0000000833. The first-order valence-corrected chi connectivity index (χ1v) is 3.72. The van der Waals surface area contributed by atoms with Crippen molar-refractivity contribution in [1.82, 2.24) is 0 Å². The normalized spacial score (nSPS) is 9.80. The largest absolute Gasteiger partial charge is 0.394 e. The first kappa shape index (κ1) is 29.4. The molecule has 15 heavy (non-hydrogen) atoms. The molecule has 0 aliphatic carbocycles. The van der Waals surface area contributed by atoms with E-state index < -0.39 is 0 Å². The lowest BCUT2D eigenvalue weighted by Crippen LogP contribution is -2.18. The summed E-state index contributed by atoms with van der Waals surface area (Å²) in [7, 11) is 0. The second kappa shape index (κ2) is 23.6. The number of aliphatic hydroxyl groups is 2. The second-order valence-corrected chi connectivity index (χ2v) is 2.20. The van der Waals surface area contributed by atoms with E-state index in [-0.39, 0.29) is 49.0 Å². The maximum atomic E-state index is 8.38. The fourth-order valence-electron chi connectivity index (χ4n) is 0.616. The van der Waals surface area contributed by atoms with E-state index in [1.54, 1.807) is 0 Å². The summed E-state index contributed by atoms with van der Waals surface area (Å²) >= 11 is 0. The van der Waals surface area contributed by atoms with Crippen LogP contribution in [0, 0.1) is 0 Å². The molecule has 0 heterocycles. The first-order chi connectivity index (χ1) is 5.31. The molecule has 4 nitrogen and oxygen atoms in total. The molecule has 0 saturated carbocycles. The number of aliphatic hydroxyl groups excluding tert-OH is 2. The van der Waals surface area contributed by atoms with Gasteiger partial charge in [-0.3, -0.25) is 0 Å². The molecule has 1 unspecified atom stereocenters.